The fourth-order valence-corrected chi connectivity index (χ4v) is 8.36. The van der Waals surface area contributed by atoms with Crippen molar-refractivity contribution in [3.63, 3.8) is 0 Å². The van der Waals surface area contributed by atoms with Crippen LogP contribution in [0.4, 0.5) is 0 Å². The molecule has 4 heteroatoms. The van der Waals surface area contributed by atoms with Gasteiger partial charge in [0.15, 0.2) is 5.82 Å². The number of rotatable bonds is 3. The lowest BCUT2D eigenvalue weighted by atomic mass is 10.1. The summed E-state index contributed by atoms with van der Waals surface area (Å²) in [6.07, 6.45) is 1.97. The summed E-state index contributed by atoms with van der Waals surface area (Å²) in [6.45, 7) is 0. The summed E-state index contributed by atoms with van der Waals surface area (Å²) in [5, 5.41) is 7.54. The number of pyridine rings is 1. The molecule has 0 unspecified atom stereocenters. The van der Waals surface area contributed by atoms with Gasteiger partial charge in [-0.05, 0) is 59.7 Å². The van der Waals surface area contributed by atoms with Crippen LogP contribution in [0.25, 0.3) is 86.4 Å². The molecule has 0 saturated heterocycles. The molecule has 0 aliphatic heterocycles. The molecule has 4 aromatic heterocycles. The van der Waals surface area contributed by atoms with Crippen molar-refractivity contribution < 1.29 is 0 Å². The first-order chi connectivity index (χ1) is 22.3. The van der Waals surface area contributed by atoms with Crippen LogP contribution >= 0.6 is 11.3 Å². The minimum absolute atomic E-state index is 0.986. The highest BCUT2D eigenvalue weighted by Gasteiger charge is 2.19. The lowest BCUT2D eigenvalue weighted by molar-refractivity contribution is 1.11. The highest BCUT2D eigenvalue weighted by Crippen LogP contribution is 2.43. The van der Waals surface area contributed by atoms with Crippen molar-refractivity contribution in [2.24, 2.45) is 0 Å². The number of aromatic nitrogens is 3. The van der Waals surface area contributed by atoms with Crippen molar-refractivity contribution in [3.05, 3.63) is 152 Å². The summed E-state index contributed by atoms with van der Waals surface area (Å²) in [7, 11) is 0. The van der Waals surface area contributed by atoms with Crippen molar-refractivity contribution in [2.45, 2.75) is 0 Å². The van der Waals surface area contributed by atoms with Crippen LogP contribution in [0.5, 0.6) is 0 Å². The molecule has 0 atom stereocenters. The van der Waals surface area contributed by atoms with Gasteiger partial charge >= 0.3 is 0 Å². The van der Waals surface area contributed by atoms with Crippen molar-refractivity contribution in [1.82, 2.24) is 14.1 Å². The van der Waals surface area contributed by atoms with Gasteiger partial charge in [-0.25, -0.2) is 4.98 Å². The molecular weight excluding hydrogens is 567 g/mol. The Morgan fingerprint density at radius 3 is 1.69 bits per heavy atom. The van der Waals surface area contributed by atoms with Gasteiger partial charge in [0.25, 0.3) is 0 Å². The second-order valence-corrected chi connectivity index (χ2v) is 12.7. The van der Waals surface area contributed by atoms with Crippen LogP contribution in [0.15, 0.2) is 152 Å². The summed E-state index contributed by atoms with van der Waals surface area (Å²) < 4.78 is 7.22. The highest BCUT2D eigenvalue weighted by molar-refractivity contribution is 7.26. The maximum Gasteiger partial charge on any atom is 0.155 e. The van der Waals surface area contributed by atoms with E-state index in [1.165, 1.54) is 74.9 Å². The van der Waals surface area contributed by atoms with Gasteiger partial charge in [-0.15, -0.1) is 11.3 Å². The molecule has 0 radical (unpaired) electrons. The Morgan fingerprint density at radius 1 is 0.422 bits per heavy atom. The van der Waals surface area contributed by atoms with E-state index in [4.69, 9.17) is 4.98 Å². The average Bonchev–Trinajstić information content (AvgIpc) is 3.75. The molecule has 6 aromatic carbocycles. The third-order valence-electron chi connectivity index (χ3n) is 9.19. The predicted molar refractivity (Wildman–Crippen MR) is 191 cm³/mol. The molecule has 0 bridgehead atoms. The second-order valence-electron chi connectivity index (χ2n) is 11.6. The molecular formula is C41H25N3S. The molecule has 4 heterocycles. The van der Waals surface area contributed by atoms with E-state index >= 15 is 0 Å². The van der Waals surface area contributed by atoms with Gasteiger partial charge in [-0.2, -0.15) is 0 Å². The molecule has 0 aliphatic rings. The first-order valence-electron chi connectivity index (χ1n) is 15.2. The van der Waals surface area contributed by atoms with E-state index in [0.717, 1.165) is 11.5 Å². The largest absolute Gasteiger partial charge is 0.309 e. The highest BCUT2D eigenvalue weighted by atomic mass is 32.1. The molecule has 210 valence electrons. The molecule has 0 N–H and O–H groups in total. The summed E-state index contributed by atoms with van der Waals surface area (Å²) in [5.74, 6) is 0.986. The van der Waals surface area contributed by atoms with E-state index in [0.29, 0.717) is 0 Å². The Kier molecular flexibility index (Phi) is 5.16. The zero-order valence-corrected chi connectivity index (χ0v) is 25.0. The van der Waals surface area contributed by atoms with Crippen LogP contribution in [0.2, 0.25) is 0 Å². The zero-order valence-electron chi connectivity index (χ0n) is 24.2. The molecule has 0 amide bonds. The topological polar surface area (TPSA) is 22.8 Å². The second kappa shape index (κ2) is 9.39. The molecule has 0 saturated carbocycles. The average molecular weight is 592 g/mol. The SMILES string of the molecule is c1ccc(-c2ccc(-n3c4ccccc4c4cc5c(cc43)sc3c(-n4c6ccccc6c6ccccc64)nccc35)cc2)cc1. The number of para-hydroxylation sites is 3. The first-order valence-corrected chi connectivity index (χ1v) is 16.0. The van der Waals surface area contributed by atoms with Crippen LogP contribution < -0.4 is 0 Å². The van der Waals surface area contributed by atoms with Gasteiger partial charge in [0.05, 0.1) is 26.8 Å². The lowest BCUT2D eigenvalue weighted by Crippen LogP contribution is -1.96. The normalized spacial score (nSPS) is 12.0. The van der Waals surface area contributed by atoms with Crippen LogP contribution in [0.3, 0.4) is 0 Å². The van der Waals surface area contributed by atoms with Gasteiger partial charge in [0.2, 0.25) is 0 Å². The van der Waals surface area contributed by atoms with E-state index in [-0.39, 0.29) is 0 Å². The monoisotopic (exact) mass is 591 g/mol. The first kappa shape index (κ1) is 24.7. The fourth-order valence-electron chi connectivity index (χ4n) is 7.17. The Labute approximate surface area is 262 Å². The number of nitrogens with zero attached hydrogens (tertiary/aromatic N) is 3. The van der Waals surface area contributed by atoms with E-state index in [1.807, 2.05) is 17.5 Å². The van der Waals surface area contributed by atoms with E-state index in [2.05, 4.69) is 155 Å². The minimum Gasteiger partial charge on any atom is -0.309 e. The zero-order chi connectivity index (χ0) is 29.5. The van der Waals surface area contributed by atoms with Crippen LogP contribution in [-0.2, 0) is 0 Å². The fraction of sp³-hybridized carbons (Fsp3) is 0. The maximum atomic E-state index is 5.02. The Hall–Kier alpha value is -5.71. The van der Waals surface area contributed by atoms with E-state index in [1.54, 1.807) is 0 Å². The standard InChI is InChI=1S/C41H25N3S/c1-2-10-26(11-3-1)27-18-20-28(21-19-27)43-35-15-7-6-14-31(35)33-24-34-32-22-23-42-41(40(32)45-39(34)25-38(33)43)44-36-16-8-4-12-29(36)30-13-5-9-17-37(30)44/h1-25H. The number of benzene rings is 6. The summed E-state index contributed by atoms with van der Waals surface area (Å²) >= 11 is 1.84. The Bertz CT molecular complexity index is 2690. The summed E-state index contributed by atoms with van der Waals surface area (Å²) in [4.78, 5) is 5.02. The quantitative estimate of drug-likeness (QED) is 0.200. The Balaban J connectivity index is 1.23. The van der Waals surface area contributed by atoms with Crippen LogP contribution in [-0.4, -0.2) is 14.1 Å². The molecule has 45 heavy (non-hydrogen) atoms. The van der Waals surface area contributed by atoms with Gasteiger partial charge in [0, 0.05) is 48.9 Å². The van der Waals surface area contributed by atoms with Gasteiger partial charge in [0.1, 0.15) is 0 Å². The molecule has 10 rings (SSSR count). The lowest BCUT2D eigenvalue weighted by Gasteiger charge is -2.09. The van der Waals surface area contributed by atoms with E-state index < -0.39 is 0 Å². The third kappa shape index (κ3) is 3.54. The molecule has 10 aromatic rings. The minimum atomic E-state index is 0.986. The van der Waals surface area contributed by atoms with Crippen molar-refractivity contribution >= 4 is 75.1 Å². The summed E-state index contributed by atoms with van der Waals surface area (Å²) in [6, 6.07) is 52.5. The van der Waals surface area contributed by atoms with Crippen LogP contribution in [0.1, 0.15) is 0 Å². The summed E-state index contributed by atoms with van der Waals surface area (Å²) in [5.41, 5.74) is 8.40. The smallest absolute Gasteiger partial charge is 0.155 e. The molecule has 0 spiro atoms. The third-order valence-corrected chi connectivity index (χ3v) is 10.4. The van der Waals surface area contributed by atoms with Crippen molar-refractivity contribution in [1.29, 1.82) is 0 Å². The molecule has 0 aliphatic carbocycles. The maximum absolute atomic E-state index is 5.02. The van der Waals surface area contributed by atoms with Crippen LogP contribution in [0, 0.1) is 0 Å². The predicted octanol–water partition coefficient (Wildman–Crippen LogP) is 11.3. The van der Waals surface area contributed by atoms with Crippen molar-refractivity contribution in [3.8, 4) is 22.6 Å². The van der Waals surface area contributed by atoms with E-state index in [9.17, 15) is 0 Å². The number of thiophene rings is 1. The number of hydrogen-bond acceptors (Lipinski definition) is 2. The Morgan fingerprint density at radius 2 is 1.00 bits per heavy atom. The van der Waals surface area contributed by atoms with Gasteiger partial charge in [-0.1, -0.05) is 97.1 Å². The van der Waals surface area contributed by atoms with Crippen molar-refractivity contribution in [2.75, 3.05) is 0 Å². The van der Waals surface area contributed by atoms with Gasteiger partial charge in [-0.3, -0.25) is 4.57 Å². The number of fused-ring (bicyclic) bond motifs is 9. The number of hydrogen-bond donors (Lipinski definition) is 0. The van der Waals surface area contributed by atoms with Gasteiger partial charge < -0.3 is 4.57 Å². The molecule has 3 nitrogen and oxygen atoms in total. The molecule has 0 fully saturated rings.